The topological polar surface area (TPSA) is 55.2 Å². The van der Waals surface area contributed by atoms with Gasteiger partial charge in [-0.15, -0.1) is 0 Å². The third-order valence-electron chi connectivity index (χ3n) is 3.03. The van der Waals surface area contributed by atoms with Gasteiger partial charge >= 0.3 is 5.00 Å². The van der Waals surface area contributed by atoms with Crippen molar-refractivity contribution in [3.05, 3.63) is 74.8 Å². The summed E-state index contributed by atoms with van der Waals surface area (Å²) in [5.74, 6) is 0. The van der Waals surface area contributed by atoms with Crippen LogP contribution in [-0.2, 0) is 6.42 Å². The number of para-hydroxylation sites is 1. The van der Waals surface area contributed by atoms with E-state index in [4.69, 9.17) is 0 Å². The summed E-state index contributed by atoms with van der Waals surface area (Å²) in [7, 11) is 0. The minimum absolute atomic E-state index is 0.191. The minimum atomic E-state index is -0.351. The van der Waals surface area contributed by atoms with Crippen LogP contribution in [0.2, 0.25) is 0 Å². The molecule has 4 nitrogen and oxygen atoms in total. The SMILES string of the molecule is O=[N+]([O-])c1ccc(C/C=C2\C=Cc3ccccc3N2)s1. The first-order valence-corrected chi connectivity index (χ1v) is 7.01. The molecule has 100 valence electrons. The van der Waals surface area contributed by atoms with Gasteiger partial charge in [0, 0.05) is 28.7 Å². The Morgan fingerprint density at radius 2 is 2.05 bits per heavy atom. The molecular formula is C15H12N2O2S. The van der Waals surface area contributed by atoms with Crippen LogP contribution in [0.5, 0.6) is 0 Å². The predicted octanol–water partition coefficient (Wildman–Crippen LogP) is 4.22. The van der Waals surface area contributed by atoms with E-state index in [1.807, 2.05) is 30.4 Å². The highest BCUT2D eigenvalue weighted by Gasteiger charge is 2.09. The monoisotopic (exact) mass is 284 g/mol. The Morgan fingerprint density at radius 3 is 2.85 bits per heavy atom. The van der Waals surface area contributed by atoms with E-state index in [-0.39, 0.29) is 9.92 Å². The fourth-order valence-corrected chi connectivity index (χ4v) is 2.82. The first-order chi connectivity index (χ1) is 9.72. The largest absolute Gasteiger partial charge is 0.355 e. The second-order valence-corrected chi connectivity index (χ2v) is 5.55. The first-order valence-electron chi connectivity index (χ1n) is 6.20. The summed E-state index contributed by atoms with van der Waals surface area (Å²) in [5, 5.41) is 14.2. The van der Waals surface area contributed by atoms with Crippen molar-refractivity contribution in [2.45, 2.75) is 6.42 Å². The third kappa shape index (κ3) is 2.62. The molecule has 0 saturated carbocycles. The average molecular weight is 284 g/mol. The number of rotatable bonds is 3. The molecule has 1 aliphatic rings. The average Bonchev–Trinajstić information content (AvgIpc) is 2.94. The van der Waals surface area contributed by atoms with Crippen molar-refractivity contribution < 1.29 is 4.92 Å². The molecule has 1 N–H and O–H groups in total. The van der Waals surface area contributed by atoms with E-state index < -0.39 is 0 Å². The molecule has 1 aromatic heterocycles. The number of nitrogens with one attached hydrogen (secondary N) is 1. The van der Waals surface area contributed by atoms with Crippen LogP contribution >= 0.6 is 11.3 Å². The van der Waals surface area contributed by atoms with E-state index in [2.05, 4.69) is 17.5 Å². The van der Waals surface area contributed by atoms with Crippen molar-refractivity contribution in [3.63, 3.8) is 0 Å². The van der Waals surface area contributed by atoms with Gasteiger partial charge in [-0.05, 0) is 23.8 Å². The van der Waals surface area contributed by atoms with E-state index in [1.54, 1.807) is 12.1 Å². The number of fused-ring (bicyclic) bond motifs is 1. The molecule has 0 radical (unpaired) electrons. The van der Waals surface area contributed by atoms with Gasteiger partial charge in [0.1, 0.15) is 0 Å². The summed E-state index contributed by atoms with van der Waals surface area (Å²) >= 11 is 1.22. The van der Waals surface area contributed by atoms with Crippen molar-refractivity contribution in [1.82, 2.24) is 0 Å². The molecule has 0 unspecified atom stereocenters. The van der Waals surface area contributed by atoms with Crippen LogP contribution in [0.1, 0.15) is 10.4 Å². The minimum Gasteiger partial charge on any atom is -0.355 e. The van der Waals surface area contributed by atoms with Gasteiger partial charge in [-0.3, -0.25) is 10.1 Å². The van der Waals surface area contributed by atoms with Crippen molar-refractivity contribution in [2.24, 2.45) is 0 Å². The lowest BCUT2D eigenvalue weighted by Gasteiger charge is -2.15. The zero-order chi connectivity index (χ0) is 13.9. The Kier molecular flexibility index (Phi) is 3.35. The van der Waals surface area contributed by atoms with Gasteiger partial charge in [-0.25, -0.2) is 0 Å². The van der Waals surface area contributed by atoms with Gasteiger partial charge in [-0.1, -0.05) is 41.7 Å². The second-order valence-electron chi connectivity index (χ2n) is 4.41. The molecule has 1 aliphatic heterocycles. The van der Waals surface area contributed by atoms with Crippen molar-refractivity contribution >= 4 is 28.1 Å². The van der Waals surface area contributed by atoms with Crippen LogP contribution in [-0.4, -0.2) is 4.92 Å². The molecule has 0 amide bonds. The van der Waals surface area contributed by atoms with Gasteiger partial charge < -0.3 is 5.32 Å². The summed E-state index contributed by atoms with van der Waals surface area (Å²) in [4.78, 5) is 11.3. The Bertz CT molecular complexity index is 716. The summed E-state index contributed by atoms with van der Waals surface area (Å²) in [6.45, 7) is 0. The number of anilines is 1. The molecular weight excluding hydrogens is 272 g/mol. The van der Waals surface area contributed by atoms with E-state index in [0.29, 0.717) is 6.42 Å². The van der Waals surface area contributed by atoms with E-state index in [9.17, 15) is 10.1 Å². The molecule has 0 saturated heterocycles. The number of nitro groups is 1. The highest BCUT2D eigenvalue weighted by atomic mass is 32.1. The van der Waals surface area contributed by atoms with E-state index in [1.165, 1.54) is 11.3 Å². The lowest BCUT2D eigenvalue weighted by atomic mass is 10.1. The molecule has 0 fully saturated rings. The second kappa shape index (κ2) is 5.30. The Labute approximate surface area is 120 Å². The Hall–Kier alpha value is -2.40. The van der Waals surface area contributed by atoms with Crippen LogP contribution in [0.3, 0.4) is 0 Å². The molecule has 0 aliphatic carbocycles. The fourth-order valence-electron chi connectivity index (χ4n) is 2.04. The van der Waals surface area contributed by atoms with Crippen LogP contribution in [0.15, 0.2) is 54.2 Å². The summed E-state index contributed by atoms with van der Waals surface area (Å²) in [6.07, 6.45) is 6.81. The van der Waals surface area contributed by atoms with Crippen molar-refractivity contribution in [2.75, 3.05) is 5.32 Å². The molecule has 1 aromatic carbocycles. The summed E-state index contributed by atoms with van der Waals surface area (Å²) in [5.41, 5.74) is 3.26. The standard InChI is InChI=1S/C15H12N2O2S/c18-17(19)15-10-9-13(20-15)8-7-12-6-5-11-3-1-2-4-14(11)16-12/h1-7,9-10,16H,8H2/b12-7+. The summed E-state index contributed by atoms with van der Waals surface area (Å²) in [6, 6.07) is 11.4. The Balaban J connectivity index is 1.73. The predicted molar refractivity (Wildman–Crippen MR) is 81.9 cm³/mol. The maximum Gasteiger partial charge on any atom is 0.324 e. The molecule has 0 atom stereocenters. The van der Waals surface area contributed by atoms with Crippen molar-refractivity contribution in [1.29, 1.82) is 0 Å². The maximum absolute atomic E-state index is 10.6. The molecule has 2 heterocycles. The van der Waals surface area contributed by atoms with E-state index in [0.717, 1.165) is 21.8 Å². The van der Waals surface area contributed by atoms with Gasteiger partial charge in [0.05, 0.1) is 4.92 Å². The van der Waals surface area contributed by atoms with Crippen LogP contribution in [0.25, 0.3) is 6.08 Å². The van der Waals surface area contributed by atoms with Crippen LogP contribution < -0.4 is 5.32 Å². The lowest BCUT2D eigenvalue weighted by Crippen LogP contribution is -2.02. The smallest absolute Gasteiger partial charge is 0.324 e. The summed E-state index contributed by atoms with van der Waals surface area (Å²) < 4.78 is 0. The number of hydrogen-bond acceptors (Lipinski definition) is 4. The highest BCUT2D eigenvalue weighted by molar-refractivity contribution is 7.15. The number of thiophene rings is 1. The third-order valence-corrected chi connectivity index (χ3v) is 4.09. The van der Waals surface area contributed by atoms with Crippen LogP contribution in [0.4, 0.5) is 10.7 Å². The Morgan fingerprint density at radius 1 is 1.20 bits per heavy atom. The fraction of sp³-hybridized carbons (Fsp3) is 0.0667. The lowest BCUT2D eigenvalue weighted by molar-refractivity contribution is -0.380. The number of benzene rings is 1. The zero-order valence-corrected chi connectivity index (χ0v) is 11.4. The molecule has 3 rings (SSSR count). The molecule has 5 heteroatoms. The number of hydrogen-bond donors (Lipinski definition) is 1. The molecule has 20 heavy (non-hydrogen) atoms. The highest BCUT2D eigenvalue weighted by Crippen LogP contribution is 2.27. The van der Waals surface area contributed by atoms with Crippen LogP contribution in [0, 0.1) is 10.1 Å². The van der Waals surface area contributed by atoms with Crippen molar-refractivity contribution in [3.8, 4) is 0 Å². The first kappa shape index (κ1) is 12.6. The maximum atomic E-state index is 10.6. The van der Waals surface area contributed by atoms with E-state index >= 15 is 0 Å². The molecule has 0 spiro atoms. The van der Waals surface area contributed by atoms with Gasteiger partial charge in [0.2, 0.25) is 0 Å². The molecule has 2 aromatic rings. The van der Waals surface area contributed by atoms with Gasteiger partial charge in [0.15, 0.2) is 0 Å². The van der Waals surface area contributed by atoms with Gasteiger partial charge in [0.25, 0.3) is 0 Å². The zero-order valence-electron chi connectivity index (χ0n) is 10.6. The molecule has 0 bridgehead atoms. The normalized spacial score (nSPS) is 14.9. The van der Waals surface area contributed by atoms with Gasteiger partial charge in [-0.2, -0.15) is 0 Å². The number of nitrogens with zero attached hydrogens (tertiary/aromatic N) is 1. The number of allylic oxidation sites excluding steroid dienone is 2. The quantitative estimate of drug-likeness (QED) is 0.678.